The Labute approximate surface area is 156 Å². The number of likely N-dealkylation sites (N-methyl/N-ethyl adjacent to an activating group) is 1. The molecule has 1 heterocycles. The van der Waals surface area contributed by atoms with Crippen molar-refractivity contribution in [2.24, 2.45) is 0 Å². The third kappa shape index (κ3) is 6.72. The van der Waals surface area contributed by atoms with Crippen LogP contribution in [0.2, 0.25) is 0 Å². The molecule has 1 aromatic carbocycles. The van der Waals surface area contributed by atoms with Crippen LogP contribution in [-0.2, 0) is 4.79 Å². The first-order chi connectivity index (χ1) is 11.7. The van der Waals surface area contributed by atoms with Gasteiger partial charge in [0, 0.05) is 24.3 Å². The van der Waals surface area contributed by atoms with Crippen molar-refractivity contribution >= 4 is 24.0 Å². The minimum absolute atomic E-state index is 0. The van der Waals surface area contributed by atoms with Crippen molar-refractivity contribution in [2.75, 3.05) is 45.2 Å². The van der Waals surface area contributed by atoms with E-state index in [2.05, 4.69) is 15.5 Å². The molecule has 1 atom stereocenters. The summed E-state index contributed by atoms with van der Waals surface area (Å²) >= 11 is 0. The molecule has 0 saturated carbocycles. The SMILES string of the molecule is CCOc1ccc(NC(=O)CN2CCCC(NC)C2)cc1OCC.Cl. The minimum atomic E-state index is -0.00152. The highest BCUT2D eigenvalue weighted by Gasteiger charge is 2.20. The van der Waals surface area contributed by atoms with Crippen LogP contribution in [0.5, 0.6) is 11.5 Å². The maximum absolute atomic E-state index is 12.3. The molecule has 1 aliphatic rings. The normalized spacial score (nSPS) is 17.5. The van der Waals surface area contributed by atoms with Gasteiger partial charge in [0.15, 0.2) is 11.5 Å². The fraction of sp³-hybridized carbons (Fsp3) is 0.611. The number of ether oxygens (including phenoxy) is 2. The molecule has 1 saturated heterocycles. The number of nitrogens with one attached hydrogen (secondary N) is 2. The summed E-state index contributed by atoms with van der Waals surface area (Å²) in [6.07, 6.45) is 2.29. The van der Waals surface area contributed by atoms with E-state index in [0.717, 1.165) is 25.2 Å². The lowest BCUT2D eigenvalue weighted by atomic mass is 10.1. The van der Waals surface area contributed by atoms with Gasteiger partial charge in [0.05, 0.1) is 19.8 Å². The molecule has 1 aliphatic heterocycles. The maximum Gasteiger partial charge on any atom is 0.238 e. The molecule has 0 spiro atoms. The van der Waals surface area contributed by atoms with Crippen LogP contribution >= 0.6 is 12.4 Å². The van der Waals surface area contributed by atoms with E-state index in [-0.39, 0.29) is 18.3 Å². The third-order valence-corrected chi connectivity index (χ3v) is 4.11. The highest BCUT2D eigenvalue weighted by Crippen LogP contribution is 2.30. The maximum atomic E-state index is 12.3. The molecule has 142 valence electrons. The molecule has 1 amide bonds. The number of likely N-dealkylation sites (tertiary alicyclic amines) is 1. The number of benzene rings is 1. The first-order valence-electron chi connectivity index (χ1n) is 8.75. The fourth-order valence-corrected chi connectivity index (χ4v) is 2.97. The van der Waals surface area contributed by atoms with Gasteiger partial charge >= 0.3 is 0 Å². The van der Waals surface area contributed by atoms with Gasteiger partial charge in [0.2, 0.25) is 5.91 Å². The molecule has 7 heteroatoms. The van der Waals surface area contributed by atoms with Crippen LogP contribution in [-0.4, -0.2) is 56.7 Å². The van der Waals surface area contributed by atoms with Crippen molar-refractivity contribution in [1.29, 1.82) is 0 Å². The average Bonchev–Trinajstić information content (AvgIpc) is 2.57. The number of carbonyl (C=O) groups excluding carboxylic acids is 1. The van der Waals surface area contributed by atoms with Crippen molar-refractivity contribution in [1.82, 2.24) is 10.2 Å². The highest BCUT2D eigenvalue weighted by atomic mass is 35.5. The second-order valence-corrected chi connectivity index (χ2v) is 5.94. The number of nitrogens with zero attached hydrogens (tertiary/aromatic N) is 1. The second-order valence-electron chi connectivity index (χ2n) is 5.94. The van der Waals surface area contributed by atoms with Crippen LogP contribution in [0.3, 0.4) is 0 Å². The van der Waals surface area contributed by atoms with Crippen LogP contribution in [0, 0.1) is 0 Å². The zero-order chi connectivity index (χ0) is 17.4. The lowest BCUT2D eigenvalue weighted by Crippen LogP contribution is -2.46. The zero-order valence-electron chi connectivity index (χ0n) is 15.3. The molecule has 0 aromatic heterocycles. The van der Waals surface area contributed by atoms with Gasteiger partial charge in [-0.15, -0.1) is 12.4 Å². The van der Waals surface area contributed by atoms with Gasteiger partial charge in [-0.3, -0.25) is 9.69 Å². The summed E-state index contributed by atoms with van der Waals surface area (Å²) in [6.45, 7) is 7.29. The van der Waals surface area contributed by atoms with Crippen LogP contribution < -0.4 is 20.1 Å². The van der Waals surface area contributed by atoms with Crippen LogP contribution in [0.1, 0.15) is 26.7 Å². The van der Waals surface area contributed by atoms with Gasteiger partial charge in [0.25, 0.3) is 0 Å². The van der Waals surface area contributed by atoms with Crippen molar-refractivity contribution in [3.63, 3.8) is 0 Å². The summed E-state index contributed by atoms with van der Waals surface area (Å²) in [6, 6.07) is 5.97. The number of rotatable bonds is 8. The van der Waals surface area contributed by atoms with E-state index in [9.17, 15) is 4.79 Å². The largest absolute Gasteiger partial charge is 0.490 e. The lowest BCUT2D eigenvalue weighted by Gasteiger charge is -2.31. The van der Waals surface area contributed by atoms with E-state index >= 15 is 0 Å². The van der Waals surface area contributed by atoms with Crippen molar-refractivity contribution < 1.29 is 14.3 Å². The second kappa shape index (κ2) is 11.2. The Morgan fingerprint density at radius 1 is 1.24 bits per heavy atom. The fourth-order valence-electron chi connectivity index (χ4n) is 2.97. The Balaban J connectivity index is 0.00000312. The molecule has 6 nitrogen and oxygen atoms in total. The molecule has 1 aromatic rings. The number of carbonyl (C=O) groups is 1. The molecule has 0 aliphatic carbocycles. The van der Waals surface area contributed by atoms with E-state index in [1.807, 2.05) is 39.1 Å². The Morgan fingerprint density at radius 2 is 1.96 bits per heavy atom. The van der Waals surface area contributed by atoms with Crippen LogP contribution in [0.4, 0.5) is 5.69 Å². The molecular weight excluding hydrogens is 342 g/mol. The summed E-state index contributed by atoms with van der Waals surface area (Å²) in [7, 11) is 1.98. The van der Waals surface area contributed by atoms with Gasteiger partial charge < -0.3 is 20.1 Å². The monoisotopic (exact) mass is 371 g/mol. The number of hydrogen-bond donors (Lipinski definition) is 2. The summed E-state index contributed by atoms with van der Waals surface area (Å²) < 4.78 is 11.1. The van der Waals surface area contributed by atoms with E-state index in [1.165, 1.54) is 6.42 Å². The van der Waals surface area contributed by atoms with E-state index in [4.69, 9.17) is 9.47 Å². The van der Waals surface area contributed by atoms with Gasteiger partial charge in [-0.2, -0.15) is 0 Å². The quantitative estimate of drug-likeness (QED) is 0.735. The lowest BCUT2D eigenvalue weighted by molar-refractivity contribution is -0.117. The summed E-state index contributed by atoms with van der Waals surface area (Å²) in [5.74, 6) is 1.36. The van der Waals surface area contributed by atoms with Crippen LogP contribution in [0.25, 0.3) is 0 Å². The first kappa shape index (κ1) is 21.5. The summed E-state index contributed by atoms with van der Waals surface area (Å²) in [4.78, 5) is 14.5. The van der Waals surface area contributed by atoms with Gasteiger partial charge in [0.1, 0.15) is 0 Å². The standard InChI is InChI=1S/C18H29N3O3.ClH/c1-4-23-16-9-8-14(11-17(16)24-5-2)20-18(22)13-21-10-6-7-15(12-21)19-3;/h8-9,11,15,19H,4-7,10,12-13H2,1-3H3,(H,20,22);1H. The third-order valence-electron chi connectivity index (χ3n) is 4.11. The number of anilines is 1. The molecule has 25 heavy (non-hydrogen) atoms. The van der Waals surface area contributed by atoms with Gasteiger partial charge in [-0.1, -0.05) is 0 Å². The van der Waals surface area contributed by atoms with E-state index < -0.39 is 0 Å². The molecule has 2 rings (SSSR count). The molecule has 0 radical (unpaired) electrons. The first-order valence-corrected chi connectivity index (χ1v) is 8.75. The Bertz CT molecular complexity index is 542. The number of amides is 1. The van der Waals surface area contributed by atoms with E-state index in [1.54, 1.807) is 0 Å². The van der Waals surface area contributed by atoms with Gasteiger partial charge in [-0.05, 0) is 52.4 Å². The highest BCUT2D eigenvalue weighted by molar-refractivity contribution is 5.92. The van der Waals surface area contributed by atoms with Crippen LogP contribution in [0.15, 0.2) is 18.2 Å². The summed E-state index contributed by atoms with van der Waals surface area (Å²) in [5.41, 5.74) is 0.731. The van der Waals surface area contributed by atoms with Crippen molar-refractivity contribution in [2.45, 2.75) is 32.7 Å². The molecule has 2 N–H and O–H groups in total. The average molecular weight is 372 g/mol. The number of halogens is 1. The molecular formula is C18H30ClN3O3. The smallest absolute Gasteiger partial charge is 0.238 e. The Hall–Kier alpha value is -1.50. The van der Waals surface area contributed by atoms with Crippen molar-refractivity contribution in [3.05, 3.63) is 18.2 Å². The molecule has 0 bridgehead atoms. The Kier molecular flexibility index (Phi) is 9.63. The van der Waals surface area contributed by atoms with Crippen molar-refractivity contribution in [3.8, 4) is 11.5 Å². The Morgan fingerprint density at radius 3 is 2.64 bits per heavy atom. The zero-order valence-corrected chi connectivity index (χ0v) is 16.2. The van der Waals surface area contributed by atoms with Gasteiger partial charge in [-0.25, -0.2) is 0 Å². The molecule has 1 unspecified atom stereocenters. The summed E-state index contributed by atoms with van der Waals surface area (Å²) in [5, 5.41) is 6.25. The minimum Gasteiger partial charge on any atom is -0.490 e. The van der Waals surface area contributed by atoms with E-state index in [0.29, 0.717) is 37.3 Å². The topological polar surface area (TPSA) is 62.8 Å². The predicted octanol–water partition coefficient (Wildman–Crippen LogP) is 2.53. The predicted molar refractivity (Wildman–Crippen MR) is 103 cm³/mol. The molecule has 1 fully saturated rings. The number of piperidine rings is 1. The number of hydrogen-bond acceptors (Lipinski definition) is 5.